The summed E-state index contributed by atoms with van der Waals surface area (Å²) in [6.45, 7) is 0.704. The second-order valence-corrected chi connectivity index (χ2v) is 5.17. The van der Waals surface area contributed by atoms with Gasteiger partial charge in [-0.3, -0.25) is 0 Å². The number of nitrogens with zero attached hydrogens (tertiary/aromatic N) is 1. The molecule has 0 spiro atoms. The number of rotatable bonds is 2. The molecule has 3 nitrogen and oxygen atoms in total. The predicted molar refractivity (Wildman–Crippen MR) is 69.8 cm³/mol. The van der Waals surface area contributed by atoms with Crippen molar-refractivity contribution in [3.05, 3.63) is 29.8 Å². The monoisotopic (exact) mass is 247 g/mol. The fourth-order valence-corrected chi connectivity index (χ4v) is 3.03. The molecule has 3 N–H and O–H groups in total. The zero-order valence-corrected chi connectivity index (χ0v) is 10.3. The van der Waals surface area contributed by atoms with E-state index in [9.17, 15) is 4.39 Å². The van der Waals surface area contributed by atoms with E-state index >= 15 is 0 Å². The highest BCUT2D eigenvalue weighted by molar-refractivity contribution is 5.75. The van der Waals surface area contributed by atoms with Crippen LogP contribution in [0.2, 0.25) is 0 Å². The van der Waals surface area contributed by atoms with E-state index in [0.717, 1.165) is 23.3 Å². The van der Waals surface area contributed by atoms with Gasteiger partial charge in [0, 0.05) is 5.92 Å². The molecule has 1 heterocycles. The smallest absolute Gasteiger partial charge is 0.125 e. The van der Waals surface area contributed by atoms with Crippen molar-refractivity contribution in [2.24, 2.45) is 11.7 Å². The number of nitrogens with two attached hydrogens (primary N) is 1. The minimum Gasteiger partial charge on any atom is -0.342 e. The van der Waals surface area contributed by atoms with Crippen molar-refractivity contribution in [3.63, 3.8) is 0 Å². The number of halogens is 1. The number of aromatic amines is 1. The minimum absolute atomic E-state index is 0.225. The lowest BCUT2D eigenvalue weighted by Crippen LogP contribution is -2.25. The molecule has 96 valence electrons. The number of imidazole rings is 1. The summed E-state index contributed by atoms with van der Waals surface area (Å²) in [5.41, 5.74) is 7.47. The second kappa shape index (κ2) is 4.69. The predicted octanol–water partition coefficient (Wildman–Crippen LogP) is 2.93. The molecule has 1 aromatic carbocycles. The third-order valence-electron chi connectivity index (χ3n) is 4.03. The van der Waals surface area contributed by atoms with E-state index in [2.05, 4.69) is 9.97 Å². The molecule has 3 rings (SSSR count). The van der Waals surface area contributed by atoms with E-state index in [4.69, 9.17) is 5.73 Å². The van der Waals surface area contributed by atoms with Gasteiger partial charge in [-0.05, 0) is 43.5 Å². The normalized spacial score (nSPS) is 24.6. The highest BCUT2D eigenvalue weighted by atomic mass is 19.1. The van der Waals surface area contributed by atoms with Gasteiger partial charge >= 0.3 is 0 Å². The van der Waals surface area contributed by atoms with Crippen LogP contribution in [0.25, 0.3) is 11.0 Å². The molecule has 0 saturated heterocycles. The standard InChI is InChI=1S/C14H18FN3/c15-10-5-6-12-13(7-10)18-14(17-12)11-4-2-1-3-9(11)8-16/h5-7,9,11H,1-4,8,16H2,(H,17,18). The summed E-state index contributed by atoms with van der Waals surface area (Å²) in [5, 5.41) is 0. The number of hydrogen-bond donors (Lipinski definition) is 2. The van der Waals surface area contributed by atoms with Crippen LogP contribution >= 0.6 is 0 Å². The second-order valence-electron chi connectivity index (χ2n) is 5.17. The molecule has 1 fully saturated rings. The maximum atomic E-state index is 13.2. The van der Waals surface area contributed by atoms with Gasteiger partial charge < -0.3 is 10.7 Å². The number of hydrogen-bond acceptors (Lipinski definition) is 2. The summed E-state index contributed by atoms with van der Waals surface area (Å²) >= 11 is 0. The van der Waals surface area contributed by atoms with Crippen LogP contribution in [0.1, 0.15) is 37.4 Å². The summed E-state index contributed by atoms with van der Waals surface area (Å²) in [7, 11) is 0. The molecule has 0 aliphatic heterocycles. The summed E-state index contributed by atoms with van der Waals surface area (Å²) < 4.78 is 13.2. The lowest BCUT2D eigenvalue weighted by atomic mass is 9.79. The van der Waals surface area contributed by atoms with E-state index in [1.807, 2.05) is 0 Å². The van der Waals surface area contributed by atoms with Crippen LogP contribution in [0, 0.1) is 11.7 Å². The van der Waals surface area contributed by atoms with Crippen molar-refractivity contribution in [1.82, 2.24) is 9.97 Å². The lowest BCUT2D eigenvalue weighted by Gasteiger charge is -2.28. The average molecular weight is 247 g/mol. The number of benzene rings is 1. The van der Waals surface area contributed by atoms with Crippen molar-refractivity contribution < 1.29 is 4.39 Å². The molecular weight excluding hydrogens is 229 g/mol. The molecule has 2 unspecified atom stereocenters. The molecule has 0 amide bonds. The van der Waals surface area contributed by atoms with Gasteiger partial charge in [-0.1, -0.05) is 12.8 Å². The van der Waals surface area contributed by atoms with Gasteiger partial charge in [-0.25, -0.2) is 9.37 Å². The lowest BCUT2D eigenvalue weighted by molar-refractivity contribution is 0.306. The molecular formula is C14H18FN3. The topological polar surface area (TPSA) is 54.7 Å². The summed E-state index contributed by atoms with van der Waals surface area (Å²) in [6.07, 6.45) is 4.79. The minimum atomic E-state index is -0.225. The summed E-state index contributed by atoms with van der Waals surface area (Å²) in [5.74, 6) is 1.66. The quantitative estimate of drug-likeness (QED) is 0.857. The van der Waals surface area contributed by atoms with Gasteiger partial charge in [0.05, 0.1) is 11.0 Å². The molecule has 1 aliphatic rings. The Hall–Kier alpha value is -1.42. The van der Waals surface area contributed by atoms with Gasteiger partial charge in [-0.2, -0.15) is 0 Å². The number of nitrogens with one attached hydrogen (secondary N) is 1. The highest BCUT2D eigenvalue weighted by Gasteiger charge is 2.27. The van der Waals surface area contributed by atoms with Crippen LogP contribution in [0.15, 0.2) is 18.2 Å². The third-order valence-corrected chi connectivity index (χ3v) is 4.03. The van der Waals surface area contributed by atoms with Crippen LogP contribution in [-0.4, -0.2) is 16.5 Å². The summed E-state index contributed by atoms with van der Waals surface area (Å²) in [4.78, 5) is 7.86. The van der Waals surface area contributed by atoms with Crippen LogP contribution < -0.4 is 5.73 Å². The van der Waals surface area contributed by atoms with Gasteiger partial charge in [0.2, 0.25) is 0 Å². The molecule has 1 aromatic heterocycles. The van der Waals surface area contributed by atoms with E-state index < -0.39 is 0 Å². The molecule has 18 heavy (non-hydrogen) atoms. The van der Waals surface area contributed by atoms with E-state index in [-0.39, 0.29) is 5.82 Å². The van der Waals surface area contributed by atoms with Gasteiger partial charge in [0.15, 0.2) is 0 Å². The first-order valence-corrected chi connectivity index (χ1v) is 6.63. The molecule has 2 aromatic rings. The zero-order valence-electron chi connectivity index (χ0n) is 10.3. The van der Waals surface area contributed by atoms with Crippen LogP contribution in [-0.2, 0) is 0 Å². The van der Waals surface area contributed by atoms with Gasteiger partial charge in [0.25, 0.3) is 0 Å². The molecule has 0 radical (unpaired) electrons. The van der Waals surface area contributed by atoms with Crippen molar-refractivity contribution in [2.45, 2.75) is 31.6 Å². The fraction of sp³-hybridized carbons (Fsp3) is 0.500. The van der Waals surface area contributed by atoms with Crippen molar-refractivity contribution in [2.75, 3.05) is 6.54 Å². The Morgan fingerprint density at radius 2 is 2.17 bits per heavy atom. The Morgan fingerprint density at radius 3 is 3.00 bits per heavy atom. The summed E-state index contributed by atoms with van der Waals surface area (Å²) in [6, 6.07) is 4.69. The van der Waals surface area contributed by atoms with Crippen molar-refractivity contribution in [1.29, 1.82) is 0 Å². The zero-order chi connectivity index (χ0) is 12.5. The van der Waals surface area contributed by atoms with Crippen molar-refractivity contribution in [3.8, 4) is 0 Å². The van der Waals surface area contributed by atoms with E-state index in [1.165, 1.54) is 31.4 Å². The first kappa shape index (κ1) is 11.7. The first-order chi connectivity index (χ1) is 8.78. The van der Waals surface area contributed by atoms with E-state index in [0.29, 0.717) is 18.4 Å². The Kier molecular flexibility index (Phi) is 3.04. The highest BCUT2D eigenvalue weighted by Crippen LogP contribution is 2.36. The molecule has 1 aliphatic carbocycles. The Bertz CT molecular complexity index is 549. The van der Waals surface area contributed by atoms with Gasteiger partial charge in [0.1, 0.15) is 11.6 Å². The van der Waals surface area contributed by atoms with Gasteiger partial charge in [-0.15, -0.1) is 0 Å². The van der Waals surface area contributed by atoms with Crippen LogP contribution in [0.5, 0.6) is 0 Å². The maximum Gasteiger partial charge on any atom is 0.125 e. The van der Waals surface area contributed by atoms with E-state index in [1.54, 1.807) is 6.07 Å². The third kappa shape index (κ3) is 2.01. The SMILES string of the molecule is NCC1CCCCC1c1nc2ccc(F)cc2[nH]1. The first-order valence-electron chi connectivity index (χ1n) is 6.63. The molecule has 4 heteroatoms. The van der Waals surface area contributed by atoms with Crippen LogP contribution in [0.3, 0.4) is 0 Å². The number of H-pyrrole nitrogens is 1. The number of fused-ring (bicyclic) bond motifs is 1. The average Bonchev–Trinajstić information content (AvgIpc) is 2.81. The molecule has 0 bridgehead atoms. The van der Waals surface area contributed by atoms with Crippen molar-refractivity contribution >= 4 is 11.0 Å². The van der Waals surface area contributed by atoms with Crippen LogP contribution in [0.4, 0.5) is 4.39 Å². The fourth-order valence-electron chi connectivity index (χ4n) is 3.03. The molecule has 1 saturated carbocycles. The number of aromatic nitrogens is 2. The molecule has 2 atom stereocenters. The Labute approximate surface area is 106 Å². The maximum absolute atomic E-state index is 13.2. The Balaban J connectivity index is 1.97. The Morgan fingerprint density at radius 1 is 1.33 bits per heavy atom. The largest absolute Gasteiger partial charge is 0.342 e.